The third kappa shape index (κ3) is 4.75. The summed E-state index contributed by atoms with van der Waals surface area (Å²) < 4.78 is 12.9. The van der Waals surface area contributed by atoms with Crippen LogP contribution in [0.4, 0.5) is 10.1 Å². The summed E-state index contributed by atoms with van der Waals surface area (Å²) in [5.74, 6) is -0.986. The number of anilines is 1. The van der Waals surface area contributed by atoms with Gasteiger partial charge in [-0.25, -0.2) is 4.39 Å². The second-order valence-electron chi connectivity index (χ2n) is 6.26. The number of carbonyl (C=O) groups excluding carboxylic acids is 2. The Morgan fingerprint density at radius 1 is 0.929 bits per heavy atom. The molecule has 0 aliphatic heterocycles. The Morgan fingerprint density at radius 3 is 2.29 bits per heavy atom. The van der Waals surface area contributed by atoms with Crippen LogP contribution in [0.3, 0.4) is 0 Å². The highest BCUT2D eigenvalue weighted by Gasteiger charge is 2.12. The fourth-order valence-electron chi connectivity index (χ4n) is 2.63. The highest BCUT2D eigenvalue weighted by Crippen LogP contribution is 2.23. The van der Waals surface area contributed by atoms with Gasteiger partial charge in [0.15, 0.2) is 0 Å². The van der Waals surface area contributed by atoms with Crippen molar-refractivity contribution in [3.63, 3.8) is 0 Å². The van der Waals surface area contributed by atoms with Gasteiger partial charge in [-0.15, -0.1) is 0 Å². The maximum atomic E-state index is 12.9. The first kappa shape index (κ1) is 19.6. The smallest absolute Gasteiger partial charge is 0.255 e. The molecule has 0 aliphatic carbocycles. The first-order chi connectivity index (χ1) is 13.4. The molecule has 6 heteroatoms. The largest absolute Gasteiger partial charge is 0.348 e. The predicted molar refractivity (Wildman–Crippen MR) is 108 cm³/mol. The van der Waals surface area contributed by atoms with Gasteiger partial charge in [0, 0.05) is 28.4 Å². The minimum Gasteiger partial charge on any atom is -0.348 e. The van der Waals surface area contributed by atoms with Gasteiger partial charge in [-0.2, -0.15) is 0 Å². The van der Waals surface area contributed by atoms with E-state index in [4.69, 9.17) is 11.6 Å². The minimum atomic E-state index is -0.335. The zero-order valence-corrected chi connectivity index (χ0v) is 15.9. The van der Waals surface area contributed by atoms with E-state index in [1.807, 2.05) is 6.92 Å². The lowest BCUT2D eigenvalue weighted by atomic mass is 10.1. The number of amides is 2. The Balaban J connectivity index is 1.68. The quantitative estimate of drug-likeness (QED) is 0.639. The van der Waals surface area contributed by atoms with Crippen LogP contribution >= 0.6 is 11.6 Å². The van der Waals surface area contributed by atoms with E-state index in [1.165, 1.54) is 18.2 Å². The van der Waals surface area contributed by atoms with Crippen LogP contribution in [0, 0.1) is 12.7 Å². The highest BCUT2D eigenvalue weighted by molar-refractivity contribution is 6.31. The Hall–Kier alpha value is -3.18. The van der Waals surface area contributed by atoms with E-state index >= 15 is 0 Å². The van der Waals surface area contributed by atoms with Crippen molar-refractivity contribution in [3.05, 3.63) is 99.8 Å². The van der Waals surface area contributed by atoms with E-state index in [1.54, 1.807) is 48.5 Å². The molecule has 0 saturated heterocycles. The normalized spacial score (nSPS) is 10.4. The molecule has 3 aromatic rings. The molecule has 0 heterocycles. The maximum absolute atomic E-state index is 12.9. The van der Waals surface area contributed by atoms with Gasteiger partial charge in [-0.3, -0.25) is 9.59 Å². The number of carbonyl (C=O) groups is 2. The number of hydrogen-bond donors (Lipinski definition) is 2. The molecule has 0 spiro atoms. The summed E-state index contributed by atoms with van der Waals surface area (Å²) in [6, 6.07) is 17.6. The zero-order chi connectivity index (χ0) is 20.1. The van der Waals surface area contributed by atoms with Crippen LogP contribution in [0.5, 0.6) is 0 Å². The number of halogens is 2. The van der Waals surface area contributed by atoms with Crippen molar-refractivity contribution in [3.8, 4) is 0 Å². The van der Waals surface area contributed by atoms with Gasteiger partial charge < -0.3 is 10.6 Å². The molecule has 0 atom stereocenters. The second-order valence-corrected chi connectivity index (χ2v) is 6.66. The lowest BCUT2D eigenvalue weighted by molar-refractivity contribution is 0.0951. The molecule has 0 bridgehead atoms. The first-order valence-corrected chi connectivity index (χ1v) is 9.01. The van der Waals surface area contributed by atoms with Crippen LogP contribution in [0.25, 0.3) is 0 Å². The van der Waals surface area contributed by atoms with Gasteiger partial charge in [0.1, 0.15) is 5.82 Å². The maximum Gasteiger partial charge on any atom is 0.255 e. The predicted octanol–water partition coefficient (Wildman–Crippen LogP) is 4.97. The molecule has 0 radical (unpaired) electrons. The molecule has 4 nitrogen and oxygen atoms in total. The van der Waals surface area contributed by atoms with Crippen LogP contribution in [-0.4, -0.2) is 11.8 Å². The Morgan fingerprint density at radius 2 is 1.57 bits per heavy atom. The van der Waals surface area contributed by atoms with E-state index in [2.05, 4.69) is 10.6 Å². The summed E-state index contributed by atoms with van der Waals surface area (Å²) in [6.45, 7) is 2.08. The molecule has 0 unspecified atom stereocenters. The van der Waals surface area contributed by atoms with Crippen molar-refractivity contribution in [2.45, 2.75) is 13.5 Å². The molecule has 142 valence electrons. The van der Waals surface area contributed by atoms with Crippen molar-refractivity contribution < 1.29 is 14.0 Å². The average molecular weight is 397 g/mol. The Bertz CT molecular complexity index is 1020. The molecule has 0 saturated carbocycles. The van der Waals surface area contributed by atoms with Crippen molar-refractivity contribution in [2.75, 3.05) is 5.32 Å². The molecule has 3 rings (SSSR count). The Kier molecular flexibility index (Phi) is 6.06. The van der Waals surface area contributed by atoms with Crippen LogP contribution in [-0.2, 0) is 6.54 Å². The van der Waals surface area contributed by atoms with E-state index in [0.717, 1.165) is 11.1 Å². The van der Waals surface area contributed by atoms with E-state index in [9.17, 15) is 14.0 Å². The molecule has 28 heavy (non-hydrogen) atoms. The monoisotopic (exact) mass is 396 g/mol. The van der Waals surface area contributed by atoms with Crippen molar-refractivity contribution in [1.82, 2.24) is 5.32 Å². The minimum absolute atomic E-state index is 0.261. The molecule has 2 N–H and O–H groups in total. The van der Waals surface area contributed by atoms with E-state index in [0.29, 0.717) is 21.8 Å². The molecular weight excluding hydrogens is 379 g/mol. The number of nitrogens with one attached hydrogen (secondary N) is 2. The summed E-state index contributed by atoms with van der Waals surface area (Å²) in [5.41, 5.74) is 2.88. The molecule has 0 fully saturated rings. The second kappa shape index (κ2) is 8.67. The Labute approximate surface area is 167 Å². The van der Waals surface area contributed by atoms with Crippen molar-refractivity contribution in [1.29, 1.82) is 0 Å². The molecule has 2 amide bonds. The highest BCUT2D eigenvalue weighted by atomic mass is 35.5. The summed E-state index contributed by atoms with van der Waals surface area (Å²) >= 11 is 6.08. The molecular formula is C22H18ClFN2O2. The number of benzene rings is 3. The zero-order valence-electron chi connectivity index (χ0n) is 15.1. The molecule has 3 aromatic carbocycles. The topological polar surface area (TPSA) is 58.2 Å². The van der Waals surface area contributed by atoms with Gasteiger partial charge in [0.05, 0.1) is 0 Å². The third-order valence-corrected chi connectivity index (χ3v) is 4.68. The van der Waals surface area contributed by atoms with Gasteiger partial charge in [0.2, 0.25) is 0 Å². The third-order valence-electron chi connectivity index (χ3n) is 4.27. The fraction of sp³-hybridized carbons (Fsp3) is 0.0909. The van der Waals surface area contributed by atoms with Crippen molar-refractivity contribution in [2.24, 2.45) is 0 Å². The van der Waals surface area contributed by atoms with Gasteiger partial charge in [-0.05, 0) is 60.5 Å². The van der Waals surface area contributed by atoms with Gasteiger partial charge in [-0.1, -0.05) is 35.9 Å². The molecule has 0 aliphatic rings. The summed E-state index contributed by atoms with van der Waals surface area (Å²) in [6.07, 6.45) is 0. The molecule has 0 aromatic heterocycles. The standard InChI is InChI=1S/C22H18ClFN2O2/c1-14-19(23)6-3-7-20(14)26-22(28)17-5-2-4-16(12-17)21(27)25-13-15-8-10-18(24)11-9-15/h2-12H,13H2,1H3,(H,25,27)(H,26,28). The van der Waals surface area contributed by atoms with Crippen LogP contribution in [0.2, 0.25) is 5.02 Å². The lowest BCUT2D eigenvalue weighted by Crippen LogP contribution is -2.23. The SMILES string of the molecule is Cc1c(Cl)cccc1NC(=O)c1cccc(C(=O)NCc2ccc(F)cc2)c1. The summed E-state index contributed by atoms with van der Waals surface area (Å²) in [5, 5.41) is 6.12. The average Bonchev–Trinajstić information content (AvgIpc) is 2.71. The summed E-state index contributed by atoms with van der Waals surface area (Å²) in [7, 11) is 0. The number of rotatable bonds is 5. The first-order valence-electron chi connectivity index (χ1n) is 8.63. The van der Waals surface area contributed by atoms with Gasteiger partial charge in [0.25, 0.3) is 11.8 Å². The van der Waals surface area contributed by atoms with Crippen LogP contribution in [0.15, 0.2) is 66.7 Å². The number of hydrogen-bond acceptors (Lipinski definition) is 2. The van der Waals surface area contributed by atoms with E-state index < -0.39 is 0 Å². The van der Waals surface area contributed by atoms with Crippen LogP contribution < -0.4 is 10.6 Å². The van der Waals surface area contributed by atoms with Crippen molar-refractivity contribution >= 4 is 29.1 Å². The fourth-order valence-corrected chi connectivity index (χ4v) is 2.80. The summed E-state index contributed by atoms with van der Waals surface area (Å²) in [4.78, 5) is 24.9. The van der Waals surface area contributed by atoms with Gasteiger partial charge >= 0.3 is 0 Å². The van der Waals surface area contributed by atoms with E-state index in [-0.39, 0.29) is 24.2 Å². The van der Waals surface area contributed by atoms with Crippen LogP contribution in [0.1, 0.15) is 31.8 Å². The lowest BCUT2D eigenvalue weighted by Gasteiger charge is -2.10.